The third kappa shape index (κ3) is 11.7. The molecule has 5 atom stereocenters. The Morgan fingerprint density at radius 3 is 2.41 bits per heavy atom. The molecule has 3 rings (SSSR count). The molecule has 0 unspecified atom stereocenters. The van der Waals surface area contributed by atoms with E-state index in [1.807, 2.05) is 70.2 Å². The van der Waals surface area contributed by atoms with E-state index in [4.69, 9.17) is 25.8 Å². The van der Waals surface area contributed by atoms with Crippen LogP contribution in [0.3, 0.4) is 0 Å². The third-order valence-electron chi connectivity index (χ3n) is 7.48. The summed E-state index contributed by atoms with van der Waals surface area (Å²) in [5, 5.41) is 5.86. The number of methoxy groups -OCH3 is 1. The van der Waals surface area contributed by atoms with Gasteiger partial charge in [-0.05, 0) is 34.8 Å². The standard InChI is InChI=1S/C36H45ClN2O7/c1-23(15-16-25-11-8-7-9-12-25)29-13-10-14-32(40)39-28(20-26-17-18-30(44-6)27(37)19-26)33(41)38-22-24(2)34(42)46-31(35(43)45-29)21-36(3,4)5/h7-12,14-19,23-24,28-29,31H,13,20-22H2,1-6H3,(H,38,41)(H,39,40)/b14-10+,16-15+/t23-,24-,28-,29+,31+/m1/s1. The maximum absolute atomic E-state index is 13.5. The van der Waals surface area contributed by atoms with Crippen LogP contribution < -0.4 is 15.4 Å². The van der Waals surface area contributed by atoms with Gasteiger partial charge >= 0.3 is 11.9 Å². The van der Waals surface area contributed by atoms with Crippen molar-refractivity contribution >= 4 is 41.4 Å². The highest BCUT2D eigenvalue weighted by Gasteiger charge is 2.34. The molecule has 9 nitrogen and oxygen atoms in total. The summed E-state index contributed by atoms with van der Waals surface area (Å²) in [6, 6.07) is 13.9. The van der Waals surface area contributed by atoms with Crippen LogP contribution in [0.5, 0.6) is 5.75 Å². The highest BCUT2D eigenvalue weighted by Crippen LogP contribution is 2.27. The Balaban J connectivity index is 1.91. The summed E-state index contributed by atoms with van der Waals surface area (Å²) in [4.78, 5) is 53.0. The molecule has 2 amide bonds. The highest BCUT2D eigenvalue weighted by atomic mass is 35.5. The zero-order valence-corrected chi connectivity index (χ0v) is 28.1. The fraction of sp³-hybridized carbons (Fsp3) is 0.444. The first-order valence-electron chi connectivity index (χ1n) is 15.5. The van der Waals surface area contributed by atoms with Gasteiger partial charge in [0.25, 0.3) is 0 Å². The number of hydrogen-bond donors (Lipinski definition) is 2. The molecule has 0 spiro atoms. The fourth-order valence-corrected chi connectivity index (χ4v) is 5.08. The number of carbonyl (C=O) groups excluding carboxylic acids is 4. The molecule has 2 N–H and O–H groups in total. The van der Waals surface area contributed by atoms with E-state index < -0.39 is 47.9 Å². The maximum Gasteiger partial charge on any atom is 0.347 e. The van der Waals surface area contributed by atoms with Crippen molar-refractivity contribution in [2.75, 3.05) is 13.7 Å². The van der Waals surface area contributed by atoms with Crippen LogP contribution in [0.4, 0.5) is 0 Å². The molecule has 46 heavy (non-hydrogen) atoms. The molecule has 248 valence electrons. The van der Waals surface area contributed by atoms with Crippen LogP contribution in [-0.4, -0.2) is 55.7 Å². The third-order valence-corrected chi connectivity index (χ3v) is 7.77. The number of carbonyl (C=O) groups is 4. The molecule has 1 heterocycles. The van der Waals surface area contributed by atoms with Crippen LogP contribution in [-0.2, 0) is 35.1 Å². The molecular formula is C36H45ClN2O7. The van der Waals surface area contributed by atoms with Crippen LogP contribution in [0.1, 0.15) is 58.6 Å². The van der Waals surface area contributed by atoms with E-state index in [9.17, 15) is 19.2 Å². The van der Waals surface area contributed by atoms with Gasteiger partial charge in [-0.2, -0.15) is 0 Å². The van der Waals surface area contributed by atoms with E-state index >= 15 is 0 Å². The van der Waals surface area contributed by atoms with Crippen molar-refractivity contribution in [2.45, 2.75) is 72.1 Å². The number of amides is 2. The van der Waals surface area contributed by atoms with E-state index in [1.165, 1.54) is 13.2 Å². The Bertz CT molecular complexity index is 1420. The average Bonchev–Trinajstić information content (AvgIpc) is 3.00. The van der Waals surface area contributed by atoms with Crippen molar-refractivity contribution in [3.63, 3.8) is 0 Å². The summed E-state index contributed by atoms with van der Waals surface area (Å²) in [5.41, 5.74) is 1.33. The van der Waals surface area contributed by atoms with Gasteiger partial charge in [0.15, 0.2) is 6.10 Å². The van der Waals surface area contributed by atoms with Gasteiger partial charge in [-0.25, -0.2) is 4.79 Å². The van der Waals surface area contributed by atoms with Gasteiger partial charge in [-0.3, -0.25) is 14.4 Å². The van der Waals surface area contributed by atoms with Crippen LogP contribution in [0.25, 0.3) is 6.08 Å². The number of ether oxygens (including phenoxy) is 3. The Morgan fingerprint density at radius 1 is 1.04 bits per heavy atom. The minimum Gasteiger partial charge on any atom is -0.495 e. The minimum atomic E-state index is -1.15. The van der Waals surface area contributed by atoms with Crippen LogP contribution >= 0.6 is 11.6 Å². The lowest BCUT2D eigenvalue weighted by atomic mass is 9.89. The highest BCUT2D eigenvalue weighted by molar-refractivity contribution is 6.32. The van der Waals surface area contributed by atoms with Crippen molar-refractivity contribution in [3.05, 3.63) is 82.9 Å². The second-order valence-electron chi connectivity index (χ2n) is 12.8. The first-order chi connectivity index (χ1) is 21.8. The predicted molar refractivity (Wildman–Crippen MR) is 178 cm³/mol. The summed E-state index contributed by atoms with van der Waals surface area (Å²) in [6.07, 6.45) is 5.59. The number of nitrogens with one attached hydrogen (secondary N) is 2. The molecular weight excluding hydrogens is 608 g/mol. The normalized spacial score (nSPS) is 23.5. The second-order valence-corrected chi connectivity index (χ2v) is 13.2. The smallest absolute Gasteiger partial charge is 0.347 e. The molecule has 1 aliphatic heterocycles. The summed E-state index contributed by atoms with van der Waals surface area (Å²) >= 11 is 6.30. The zero-order chi connectivity index (χ0) is 33.9. The number of benzene rings is 2. The Kier molecular flexibility index (Phi) is 13.4. The topological polar surface area (TPSA) is 120 Å². The molecule has 0 fully saturated rings. The molecule has 0 saturated carbocycles. The predicted octanol–water partition coefficient (Wildman–Crippen LogP) is 5.70. The fourth-order valence-electron chi connectivity index (χ4n) is 4.80. The molecule has 0 aromatic heterocycles. The summed E-state index contributed by atoms with van der Waals surface area (Å²) in [7, 11) is 1.51. The second kappa shape index (κ2) is 17.0. The molecule has 2 aromatic rings. The van der Waals surface area contributed by atoms with E-state index in [0.717, 1.165) is 5.56 Å². The van der Waals surface area contributed by atoms with Crippen molar-refractivity contribution in [2.24, 2.45) is 17.3 Å². The van der Waals surface area contributed by atoms with Gasteiger partial charge in [0.1, 0.15) is 17.9 Å². The first-order valence-corrected chi connectivity index (χ1v) is 15.8. The van der Waals surface area contributed by atoms with Gasteiger partial charge in [-0.1, -0.05) is 101 Å². The number of cyclic esters (lactones) is 2. The molecule has 0 radical (unpaired) electrons. The van der Waals surface area contributed by atoms with Crippen LogP contribution in [0.2, 0.25) is 5.02 Å². The number of rotatable bonds is 7. The molecule has 0 saturated heterocycles. The lowest BCUT2D eigenvalue weighted by molar-refractivity contribution is -0.176. The average molecular weight is 653 g/mol. The Hall–Kier alpha value is -4.11. The van der Waals surface area contributed by atoms with E-state index in [2.05, 4.69) is 10.6 Å². The first kappa shape index (κ1) is 36.4. The van der Waals surface area contributed by atoms with Crippen molar-refractivity contribution < 1.29 is 33.4 Å². The molecule has 0 bridgehead atoms. The zero-order valence-electron chi connectivity index (χ0n) is 27.4. The quantitative estimate of drug-likeness (QED) is 0.369. The van der Waals surface area contributed by atoms with Gasteiger partial charge < -0.3 is 24.8 Å². The van der Waals surface area contributed by atoms with E-state index in [1.54, 1.807) is 31.2 Å². The Labute approximate surface area is 276 Å². The van der Waals surface area contributed by atoms with Crippen molar-refractivity contribution in [1.29, 1.82) is 0 Å². The van der Waals surface area contributed by atoms with E-state index in [0.29, 0.717) is 16.3 Å². The minimum absolute atomic E-state index is 0.0650. The lowest BCUT2D eigenvalue weighted by Gasteiger charge is -2.29. The maximum atomic E-state index is 13.5. The summed E-state index contributed by atoms with van der Waals surface area (Å²) in [5.74, 6) is -2.82. The Morgan fingerprint density at radius 2 is 1.76 bits per heavy atom. The summed E-state index contributed by atoms with van der Waals surface area (Å²) < 4.78 is 16.9. The van der Waals surface area contributed by atoms with E-state index in [-0.39, 0.29) is 37.1 Å². The van der Waals surface area contributed by atoms with Gasteiger partial charge in [0, 0.05) is 31.7 Å². The monoisotopic (exact) mass is 652 g/mol. The van der Waals surface area contributed by atoms with Crippen molar-refractivity contribution in [1.82, 2.24) is 10.6 Å². The largest absolute Gasteiger partial charge is 0.495 e. The summed E-state index contributed by atoms with van der Waals surface area (Å²) in [6.45, 7) is 9.27. The molecule has 2 aromatic carbocycles. The van der Waals surface area contributed by atoms with Gasteiger partial charge in [-0.15, -0.1) is 0 Å². The lowest BCUT2D eigenvalue weighted by Crippen LogP contribution is -2.49. The number of esters is 2. The number of hydrogen-bond acceptors (Lipinski definition) is 7. The van der Waals surface area contributed by atoms with Crippen molar-refractivity contribution in [3.8, 4) is 5.75 Å². The van der Waals surface area contributed by atoms with Crippen LogP contribution in [0, 0.1) is 17.3 Å². The molecule has 1 aliphatic rings. The molecule has 10 heteroatoms. The van der Waals surface area contributed by atoms with Gasteiger partial charge in [0.2, 0.25) is 11.8 Å². The van der Waals surface area contributed by atoms with Gasteiger partial charge in [0.05, 0.1) is 18.1 Å². The number of halogens is 1. The SMILES string of the molecule is COc1ccc(C[C@H]2NC(=O)/C=C/C[C@@H]([C@H](C)/C=C/c3ccccc3)OC(=O)[C@H](CC(C)(C)C)OC(=O)[C@H](C)CNC2=O)cc1Cl. The molecule has 0 aliphatic carbocycles. The van der Waals surface area contributed by atoms with Crippen LogP contribution in [0.15, 0.2) is 66.8 Å².